The summed E-state index contributed by atoms with van der Waals surface area (Å²) in [6.45, 7) is 5.76. The van der Waals surface area contributed by atoms with Crippen LogP contribution in [0.3, 0.4) is 0 Å². The Morgan fingerprint density at radius 1 is 1.44 bits per heavy atom. The molecule has 0 amide bonds. The summed E-state index contributed by atoms with van der Waals surface area (Å²) in [5, 5.41) is 12.9. The molecule has 0 aliphatic carbocycles. The largest absolute Gasteiger partial charge is 0.392 e. The smallest absolute Gasteiger partial charge is 0.0701 e. The van der Waals surface area contributed by atoms with E-state index >= 15 is 0 Å². The van der Waals surface area contributed by atoms with E-state index in [0.29, 0.717) is 12.5 Å². The van der Waals surface area contributed by atoms with Crippen molar-refractivity contribution in [3.8, 4) is 0 Å². The fraction of sp³-hybridized carbons (Fsp3) is 0.636. The van der Waals surface area contributed by atoms with Gasteiger partial charge in [-0.25, -0.2) is 0 Å². The van der Waals surface area contributed by atoms with Crippen LogP contribution in [-0.4, -0.2) is 17.8 Å². The molecule has 1 aromatic heterocycles. The molecule has 0 aliphatic heterocycles. The van der Waals surface area contributed by atoms with Crippen molar-refractivity contribution in [2.24, 2.45) is 5.92 Å². The number of thiophene rings is 1. The summed E-state index contributed by atoms with van der Waals surface area (Å²) < 4.78 is 1.15. The van der Waals surface area contributed by atoms with Crippen molar-refractivity contribution in [1.82, 2.24) is 5.32 Å². The van der Waals surface area contributed by atoms with E-state index in [1.807, 2.05) is 6.07 Å². The summed E-state index contributed by atoms with van der Waals surface area (Å²) in [5.41, 5.74) is 0. The first kappa shape index (κ1) is 16.4. The van der Waals surface area contributed by atoms with Crippen LogP contribution in [0.1, 0.15) is 25.1 Å². The van der Waals surface area contributed by atoms with Crippen molar-refractivity contribution in [2.75, 3.05) is 6.54 Å². The molecule has 1 heterocycles. The van der Waals surface area contributed by atoms with Crippen molar-refractivity contribution < 1.29 is 5.11 Å². The maximum Gasteiger partial charge on any atom is 0.0701 e. The van der Waals surface area contributed by atoms with Crippen molar-refractivity contribution in [3.05, 3.63) is 20.8 Å². The number of rotatable bonds is 6. The summed E-state index contributed by atoms with van der Waals surface area (Å²) in [6, 6.07) is 4.14. The van der Waals surface area contributed by atoms with Crippen molar-refractivity contribution in [3.63, 3.8) is 0 Å². The van der Waals surface area contributed by atoms with Gasteiger partial charge in [0.2, 0.25) is 0 Å². The van der Waals surface area contributed by atoms with Crippen LogP contribution >= 0.6 is 39.7 Å². The first-order chi connectivity index (χ1) is 7.08. The van der Waals surface area contributed by atoms with Gasteiger partial charge in [0, 0.05) is 18.0 Å². The summed E-state index contributed by atoms with van der Waals surface area (Å²) >= 11 is 5.15. The Morgan fingerprint density at radius 2 is 2.12 bits per heavy atom. The summed E-state index contributed by atoms with van der Waals surface area (Å²) in [7, 11) is 0. The minimum Gasteiger partial charge on any atom is -0.392 e. The zero-order valence-corrected chi connectivity index (χ0v) is 12.8. The lowest BCUT2D eigenvalue weighted by Gasteiger charge is -2.13. The minimum atomic E-state index is -0.228. The number of nitrogens with one attached hydrogen (secondary N) is 1. The molecule has 0 bridgehead atoms. The fourth-order valence-electron chi connectivity index (χ4n) is 1.44. The third-order valence-electron chi connectivity index (χ3n) is 2.05. The molecular formula is C11H19BrClNOS. The molecule has 0 aromatic carbocycles. The Bertz CT molecular complexity index is 293. The van der Waals surface area contributed by atoms with Gasteiger partial charge < -0.3 is 10.4 Å². The molecule has 94 valence electrons. The molecule has 2 nitrogen and oxygen atoms in total. The molecule has 1 aromatic rings. The van der Waals surface area contributed by atoms with Crippen molar-refractivity contribution in [1.29, 1.82) is 0 Å². The molecule has 0 radical (unpaired) electrons. The van der Waals surface area contributed by atoms with Crippen LogP contribution in [0.4, 0.5) is 0 Å². The zero-order chi connectivity index (χ0) is 11.3. The highest BCUT2D eigenvalue weighted by Gasteiger charge is 2.06. The quantitative estimate of drug-likeness (QED) is 0.838. The topological polar surface area (TPSA) is 32.3 Å². The third kappa shape index (κ3) is 6.86. The summed E-state index contributed by atoms with van der Waals surface area (Å²) in [6.07, 6.45) is 0.634. The lowest BCUT2D eigenvalue weighted by molar-refractivity contribution is 0.146. The number of hydrogen-bond donors (Lipinski definition) is 2. The Balaban J connectivity index is 0.00000225. The normalized spacial score (nSPS) is 12.6. The summed E-state index contributed by atoms with van der Waals surface area (Å²) in [5.74, 6) is 0.553. The second kappa shape index (κ2) is 8.48. The molecule has 0 saturated heterocycles. The van der Waals surface area contributed by atoms with Gasteiger partial charge in [0.25, 0.3) is 0 Å². The highest BCUT2D eigenvalue weighted by molar-refractivity contribution is 9.11. The second-order valence-corrected chi connectivity index (χ2v) is 6.67. The van der Waals surface area contributed by atoms with Gasteiger partial charge >= 0.3 is 0 Å². The van der Waals surface area contributed by atoms with Gasteiger partial charge in [-0.2, -0.15) is 0 Å². The van der Waals surface area contributed by atoms with Crippen LogP contribution in [0.25, 0.3) is 0 Å². The van der Waals surface area contributed by atoms with E-state index in [4.69, 9.17) is 0 Å². The fourth-order valence-corrected chi connectivity index (χ4v) is 2.89. The lowest BCUT2D eigenvalue weighted by Crippen LogP contribution is -2.27. The molecular weight excluding hydrogens is 310 g/mol. The monoisotopic (exact) mass is 327 g/mol. The Morgan fingerprint density at radius 3 is 2.62 bits per heavy atom. The van der Waals surface area contributed by atoms with Crippen molar-refractivity contribution in [2.45, 2.75) is 32.9 Å². The van der Waals surface area contributed by atoms with Gasteiger partial charge in [-0.15, -0.1) is 23.7 Å². The maximum atomic E-state index is 9.63. The van der Waals surface area contributed by atoms with E-state index in [2.05, 4.69) is 41.2 Å². The first-order valence-electron chi connectivity index (χ1n) is 5.21. The molecule has 2 N–H and O–H groups in total. The average molecular weight is 329 g/mol. The van der Waals surface area contributed by atoms with Crippen LogP contribution in [0.2, 0.25) is 0 Å². The van der Waals surface area contributed by atoms with E-state index in [0.717, 1.165) is 16.8 Å². The number of halogens is 2. The lowest BCUT2D eigenvalue weighted by atomic mass is 10.1. The third-order valence-corrected chi connectivity index (χ3v) is 3.68. The van der Waals surface area contributed by atoms with Crippen LogP contribution in [0, 0.1) is 5.92 Å². The molecule has 0 aliphatic rings. The molecule has 0 saturated carbocycles. The standard InChI is InChI=1S/C11H18BrNOS.ClH/c1-8(2)5-9(14)6-13-7-10-3-4-11(12)15-10;/h3-4,8-9,13-14H,5-7H2,1-2H3;1H. The van der Waals surface area contributed by atoms with Crippen LogP contribution < -0.4 is 5.32 Å². The Labute approximate surface area is 116 Å². The van der Waals surface area contributed by atoms with Gasteiger partial charge in [-0.3, -0.25) is 0 Å². The highest BCUT2D eigenvalue weighted by Crippen LogP contribution is 2.21. The van der Waals surface area contributed by atoms with E-state index in [9.17, 15) is 5.11 Å². The molecule has 0 fully saturated rings. The molecule has 1 atom stereocenters. The average Bonchev–Trinajstić information content (AvgIpc) is 2.50. The molecule has 0 spiro atoms. The molecule has 1 unspecified atom stereocenters. The van der Waals surface area contributed by atoms with Gasteiger partial charge in [-0.05, 0) is 40.4 Å². The van der Waals surface area contributed by atoms with Gasteiger partial charge in [0.15, 0.2) is 0 Å². The van der Waals surface area contributed by atoms with Crippen LogP contribution in [0.15, 0.2) is 15.9 Å². The second-order valence-electron chi connectivity index (χ2n) is 4.12. The highest BCUT2D eigenvalue weighted by atomic mass is 79.9. The first-order valence-corrected chi connectivity index (χ1v) is 6.82. The molecule has 5 heteroatoms. The van der Waals surface area contributed by atoms with Gasteiger partial charge in [0.1, 0.15) is 0 Å². The van der Waals surface area contributed by atoms with E-state index in [1.165, 1.54) is 4.88 Å². The zero-order valence-electron chi connectivity index (χ0n) is 9.57. The van der Waals surface area contributed by atoms with E-state index in [1.54, 1.807) is 11.3 Å². The summed E-state index contributed by atoms with van der Waals surface area (Å²) in [4.78, 5) is 1.29. The van der Waals surface area contributed by atoms with Crippen molar-refractivity contribution >= 4 is 39.7 Å². The Hall–Kier alpha value is 0.390. The predicted molar refractivity (Wildman–Crippen MR) is 76.4 cm³/mol. The van der Waals surface area contributed by atoms with E-state index in [-0.39, 0.29) is 18.5 Å². The van der Waals surface area contributed by atoms with Gasteiger partial charge in [0.05, 0.1) is 9.89 Å². The Kier molecular flexibility index (Phi) is 8.68. The van der Waals surface area contributed by atoms with Gasteiger partial charge in [-0.1, -0.05) is 13.8 Å². The molecule has 16 heavy (non-hydrogen) atoms. The minimum absolute atomic E-state index is 0. The van der Waals surface area contributed by atoms with E-state index < -0.39 is 0 Å². The number of aliphatic hydroxyl groups excluding tert-OH is 1. The molecule has 1 rings (SSSR count). The SMILES string of the molecule is CC(C)CC(O)CNCc1ccc(Br)s1.Cl. The van der Waals surface area contributed by atoms with Crippen LogP contribution in [0.5, 0.6) is 0 Å². The predicted octanol–water partition coefficient (Wildman–Crippen LogP) is 3.43. The number of aliphatic hydroxyl groups is 1. The maximum absolute atomic E-state index is 9.63. The van der Waals surface area contributed by atoms with Crippen LogP contribution in [-0.2, 0) is 6.54 Å². The number of hydrogen-bond acceptors (Lipinski definition) is 3.